The monoisotopic (exact) mass is 254 g/mol. The van der Waals surface area contributed by atoms with Gasteiger partial charge in [0.2, 0.25) is 0 Å². The van der Waals surface area contributed by atoms with Gasteiger partial charge in [0, 0.05) is 16.4 Å². The number of nitrogens with zero attached hydrogens (tertiary/aromatic N) is 1. The second kappa shape index (κ2) is 5.01. The maximum Gasteiger partial charge on any atom is 0.0846 e. The van der Waals surface area contributed by atoms with Crippen molar-refractivity contribution in [3.05, 3.63) is 24.3 Å². The van der Waals surface area contributed by atoms with Crippen molar-refractivity contribution in [2.75, 3.05) is 11.5 Å². The molecular weight excluding hydrogens is 244 g/mol. The number of hydrogen-bond acceptors (Lipinski definition) is 4. The van der Waals surface area contributed by atoms with Crippen LogP contribution in [0.2, 0.25) is 0 Å². The lowest BCUT2D eigenvalue weighted by Crippen LogP contribution is -2.13. The zero-order valence-corrected chi connectivity index (χ0v) is 10.4. The summed E-state index contributed by atoms with van der Waals surface area (Å²) < 4.78 is 0. The number of nitrogens with two attached hydrogens (primary N) is 1. The van der Waals surface area contributed by atoms with E-state index in [1.54, 1.807) is 11.8 Å². The van der Waals surface area contributed by atoms with Crippen LogP contribution < -0.4 is 5.73 Å². The summed E-state index contributed by atoms with van der Waals surface area (Å²) in [6, 6.07) is 8.17. The molecule has 0 bridgehead atoms. The van der Waals surface area contributed by atoms with Crippen LogP contribution in [0.4, 0.5) is 5.69 Å². The normalized spacial score (nSPS) is 14.3. The van der Waals surface area contributed by atoms with Gasteiger partial charge in [0.1, 0.15) is 0 Å². The third kappa shape index (κ3) is 2.96. The van der Waals surface area contributed by atoms with Crippen LogP contribution in [0.3, 0.4) is 0 Å². The molecule has 1 aromatic carbocycles. The summed E-state index contributed by atoms with van der Waals surface area (Å²) in [5.74, 6) is 1.60. The highest BCUT2D eigenvalue weighted by molar-refractivity contribution is 8.17. The highest BCUT2D eigenvalue weighted by Crippen LogP contribution is 2.35. The van der Waals surface area contributed by atoms with Gasteiger partial charge < -0.3 is 5.73 Å². The topological polar surface area (TPSA) is 38.4 Å². The van der Waals surface area contributed by atoms with E-state index < -0.39 is 0 Å². The summed E-state index contributed by atoms with van der Waals surface area (Å²) in [6.45, 7) is 0. The Hall–Kier alpha value is -0.520. The van der Waals surface area contributed by atoms with Crippen molar-refractivity contribution in [2.45, 2.75) is 4.90 Å². The Labute approximate surface area is 103 Å². The van der Waals surface area contributed by atoms with E-state index in [-0.39, 0.29) is 0 Å². The Morgan fingerprint density at radius 2 is 2.33 bits per heavy atom. The van der Waals surface area contributed by atoms with Crippen molar-refractivity contribution in [3.8, 4) is 0 Å². The first-order valence-electron chi connectivity index (χ1n) is 4.46. The van der Waals surface area contributed by atoms with E-state index in [1.807, 2.05) is 30.0 Å². The Morgan fingerprint density at radius 1 is 1.53 bits per heavy atom. The smallest absolute Gasteiger partial charge is 0.0846 e. The van der Waals surface area contributed by atoms with Crippen LogP contribution in [0, 0.1) is 0 Å². The first-order chi connectivity index (χ1) is 7.25. The second-order valence-corrected chi connectivity index (χ2v) is 5.61. The third-order valence-electron chi connectivity index (χ3n) is 1.84. The molecule has 0 fully saturated rings. The van der Waals surface area contributed by atoms with Crippen LogP contribution >= 0.6 is 35.7 Å². The van der Waals surface area contributed by atoms with Crippen LogP contribution in [0.15, 0.2) is 34.2 Å². The molecule has 15 heavy (non-hydrogen) atoms. The Kier molecular flexibility index (Phi) is 3.66. The maximum atomic E-state index is 5.45. The molecule has 0 unspecified atom stereocenters. The van der Waals surface area contributed by atoms with Gasteiger partial charge in [-0.2, -0.15) is 0 Å². The van der Waals surface area contributed by atoms with Gasteiger partial charge in [-0.3, -0.25) is 0 Å². The van der Waals surface area contributed by atoms with Crippen LogP contribution in [-0.2, 0) is 0 Å². The molecule has 2 nitrogen and oxygen atoms in total. The van der Waals surface area contributed by atoms with E-state index in [2.05, 4.69) is 11.1 Å². The van der Waals surface area contributed by atoms with Gasteiger partial charge in [-0.05, 0) is 12.1 Å². The van der Waals surface area contributed by atoms with Crippen molar-refractivity contribution in [2.24, 2.45) is 10.7 Å². The van der Waals surface area contributed by atoms with Crippen molar-refractivity contribution < 1.29 is 0 Å². The van der Waals surface area contributed by atoms with E-state index in [1.165, 1.54) is 4.90 Å². The second-order valence-electron chi connectivity index (χ2n) is 3.02. The molecule has 0 saturated heterocycles. The lowest BCUT2D eigenvalue weighted by atomic mass is 10.3. The van der Waals surface area contributed by atoms with E-state index in [0.29, 0.717) is 10.7 Å². The molecule has 1 heterocycles. The molecule has 0 saturated carbocycles. The predicted octanol–water partition coefficient (Wildman–Crippen LogP) is 2.84. The minimum Gasteiger partial charge on any atom is -0.393 e. The average Bonchev–Trinajstić information content (AvgIpc) is 2.26. The molecule has 2 rings (SSSR count). The molecular formula is C10H10N2S3. The molecule has 0 atom stereocenters. The summed E-state index contributed by atoms with van der Waals surface area (Å²) >= 11 is 8.28. The number of para-hydroxylation sites is 1. The number of thioether (sulfide) groups is 2. The fraction of sp³-hybridized carbons (Fsp3) is 0.200. The molecule has 0 radical (unpaired) electrons. The van der Waals surface area contributed by atoms with Crippen molar-refractivity contribution in [3.63, 3.8) is 0 Å². The third-order valence-corrected chi connectivity index (χ3v) is 4.45. The summed E-state index contributed by atoms with van der Waals surface area (Å²) in [5, 5.41) is 1.10. The molecule has 0 amide bonds. The van der Waals surface area contributed by atoms with Crippen molar-refractivity contribution >= 4 is 51.5 Å². The van der Waals surface area contributed by atoms with Gasteiger partial charge in [-0.25, -0.2) is 4.99 Å². The number of benzene rings is 1. The van der Waals surface area contributed by atoms with Gasteiger partial charge in [0.15, 0.2) is 0 Å². The number of fused-ring (bicyclic) bond motifs is 1. The van der Waals surface area contributed by atoms with Crippen LogP contribution in [0.5, 0.6) is 0 Å². The average molecular weight is 254 g/mol. The van der Waals surface area contributed by atoms with Crippen LogP contribution in [0.1, 0.15) is 0 Å². The zero-order valence-electron chi connectivity index (χ0n) is 7.97. The van der Waals surface area contributed by atoms with Gasteiger partial charge in [0.05, 0.1) is 15.7 Å². The fourth-order valence-corrected chi connectivity index (χ4v) is 3.14. The molecule has 0 aromatic heterocycles. The molecule has 0 spiro atoms. The molecule has 0 aliphatic carbocycles. The summed E-state index contributed by atoms with van der Waals surface area (Å²) in [4.78, 5) is 6.34. The summed E-state index contributed by atoms with van der Waals surface area (Å²) in [6.07, 6.45) is 0. The minimum absolute atomic E-state index is 0.534. The van der Waals surface area contributed by atoms with Gasteiger partial charge in [0.25, 0.3) is 0 Å². The van der Waals surface area contributed by atoms with Crippen LogP contribution in [-0.4, -0.2) is 21.5 Å². The maximum absolute atomic E-state index is 5.45. The van der Waals surface area contributed by atoms with E-state index in [0.717, 1.165) is 16.5 Å². The quantitative estimate of drug-likeness (QED) is 0.824. The van der Waals surface area contributed by atoms with Gasteiger partial charge in [-0.15, -0.1) is 23.5 Å². The summed E-state index contributed by atoms with van der Waals surface area (Å²) in [7, 11) is 0. The fourth-order valence-electron chi connectivity index (χ4n) is 1.21. The molecule has 1 aromatic rings. The Bertz CT molecular complexity index is 415. The lowest BCUT2D eigenvalue weighted by Gasteiger charge is -2.13. The Balaban J connectivity index is 2.11. The standard InChI is InChI=1S/C10H10N2S3/c11-9(13)5-15-10-6-14-8-4-2-1-3-7(8)12-10/h1-4H,5-6H2,(H2,11,13). The number of rotatable bonds is 2. The SMILES string of the molecule is NC(=S)CSC1=Nc2ccccc2SC1. The van der Waals surface area contributed by atoms with Gasteiger partial charge in [-0.1, -0.05) is 24.4 Å². The first kappa shape index (κ1) is 11.0. The molecule has 2 N–H and O–H groups in total. The molecule has 1 aliphatic heterocycles. The van der Waals surface area contributed by atoms with E-state index in [4.69, 9.17) is 18.0 Å². The first-order valence-corrected chi connectivity index (χ1v) is 6.84. The lowest BCUT2D eigenvalue weighted by molar-refractivity contribution is 1.36. The number of aliphatic imine (C=N–C) groups is 1. The zero-order chi connectivity index (χ0) is 10.7. The molecule has 1 aliphatic rings. The highest BCUT2D eigenvalue weighted by atomic mass is 32.2. The Morgan fingerprint density at radius 3 is 3.13 bits per heavy atom. The number of hydrogen-bond donors (Lipinski definition) is 1. The number of thiocarbonyl (C=S) groups is 1. The van der Waals surface area contributed by atoms with Crippen LogP contribution in [0.25, 0.3) is 0 Å². The van der Waals surface area contributed by atoms with E-state index in [9.17, 15) is 0 Å². The summed E-state index contributed by atoms with van der Waals surface area (Å²) in [5.41, 5.74) is 6.51. The molecule has 5 heteroatoms. The largest absolute Gasteiger partial charge is 0.393 e. The predicted molar refractivity (Wildman–Crippen MR) is 73.5 cm³/mol. The molecule has 78 valence electrons. The minimum atomic E-state index is 0.534. The highest BCUT2D eigenvalue weighted by Gasteiger charge is 2.12. The van der Waals surface area contributed by atoms with Crippen molar-refractivity contribution in [1.29, 1.82) is 0 Å². The van der Waals surface area contributed by atoms with Crippen molar-refractivity contribution in [1.82, 2.24) is 0 Å². The van der Waals surface area contributed by atoms with E-state index >= 15 is 0 Å². The van der Waals surface area contributed by atoms with Gasteiger partial charge >= 0.3 is 0 Å².